The minimum atomic E-state index is -3.44. The van der Waals surface area contributed by atoms with Crippen LogP contribution in [0.4, 0.5) is 0 Å². The Kier molecular flexibility index (Phi) is 4.68. The molecule has 1 aromatic carbocycles. The van der Waals surface area contributed by atoms with Crippen LogP contribution < -0.4 is 4.74 Å². The molecule has 0 spiro atoms. The van der Waals surface area contributed by atoms with Crippen molar-refractivity contribution < 1.29 is 13.2 Å². The third-order valence-corrected chi connectivity index (χ3v) is 6.05. The molecule has 0 amide bonds. The van der Waals surface area contributed by atoms with E-state index in [1.165, 1.54) is 0 Å². The summed E-state index contributed by atoms with van der Waals surface area (Å²) in [5.74, 6) is 1.93. The zero-order chi connectivity index (χ0) is 16.3. The summed E-state index contributed by atoms with van der Waals surface area (Å²) in [6.07, 6.45) is 5.10. The van der Waals surface area contributed by atoms with Crippen LogP contribution in [0, 0.1) is 0 Å². The Balaban J connectivity index is 1.68. The first-order chi connectivity index (χ1) is 11.1. The smallest absolute Gasteiger partial charge is 0.243 e. The second-order valence-corrected chi connectivity index (χ2v) is 7.50. The van der Waals surface area contributed by atoms with Crippen molar-refractivity contribution in [2.75, 3.05) is 19.7 Å². The Hall–Kier alpha value is -1.86. The van der Waals surface area contributed by atoms with Crippen molar-refractivity contribution in [2.24, 2.45) is 0 Å². The van der Waals surface area contributed by atoms with Crippen LogP contribution in [-0.4, -0.2) is 42.4 Å². The topological polar surface area (TPSA) is 75.3 Å². The van der Waals surface area contributed by atoms with Gasteiger partial charge in [-0.05, 0) is 44.0 Å². The van der Waals surface area contributed by atoms with Gasteiger partial charge in [-0.1, -0.05) is 0 Å². The van der Waals surface area contributed by atoms with E-state index in [-0.39, 0.29) is 0 Å². The Bertz CT molecular complexity index is 718. The molecule has 1 fully saturated rings. The molecule has 7 heteroatoms. The largest absolute Gasteiger partial charge is 0.494 e. The van der Waals surface area contributed by atoms with Crippen LogP contribution in [0.15, 0.2) is 41.6 Å². The second-order valence-electron chi connectivity index (χ2n) is 5.56. The van der Waals surface area contributed by atoms with Gasteiger partial charge >= 0.3 is 0 Å². The Morgan fingerprint density at radius 3 is 2.52 bits per heavy atom. The van der Waals surface area contributed by atoms with E-state index in [1.54, 1.807) is 41.0 Å². The molecule has 1 saturated heterocycles. The number of H-pyrrole nitrogens is 1. The van der Waals surface area contributed by atoms with E-state index in [2.05, 4.69) is 9.97 Å². The highest BCUT2D eigenvalue weighted by Crippen LogP contribution is 2.29. The molecular weight excluding hydrogens is 314 g/mol. The average molecular weight is 335 g/mol. The highest BCUT2D eigenvalue weighted by molar-refractivity contribution is 7.89. The van der Waals surface area contributed by atoms with Crippen LogP contribution in [0.25, 0.3) is 0 Å². The molecule has 0 radical (unpaired) electrons. The van der Waals surface area contributed by atoms with Gasteiger partial charge in [0.1, 0.15) is 11.6 Å². The number of sulfonamides is 1. The van der Waals surface area contributed by atoms with E-state index < -0.39 is 10.0 Å². The maximum absolute atomic E-state index is 12.7. The number of benzene rings is 1. The lowest BCUT2D eigenvalue weighted by Crippen LogP contribution is -2.38. The highest BCUT2D eigenvalue weighted by Gasteiger charge is 2.30. The molecule has 0 atom stereocenters. The number of aromatic nitrogens is 2. The lowest BCUT2D eigenvalue weighted by atomic mass is 9.98. The maximum atomic E-state index is 12.7. The number of hydrogen-bond donors (Lipinski definition) is 1. The van der Waals surface area contributed by atoms with E-state index in [0.717, 1.165) is 18.7 Å². The summed E-state index contributed by atoms with van der Waals surface area (Å²) in [5.41, 5.74) is 0. The number of imidazole rings is 1. The van der Waals surface area contributed by atoms with Crippen LogP contribution in [0.2, 0.25) is 0 Å². The van der Waals surface area contributed by atoms with E-state index in [1.807, 2.05) is 6.92 Å². The van der Waals surface area contributed by atoms with Gasteiger partial charge in [0.2, 0.25) is 10.0 Å². The Morgan fingerprint density at radius 1 is 1.26 bits per heavy atom. The van der Waals surface area contributed by atoms with Crippen molar-refractivity contribution in [3.63, 3.8) is 0 Å². The van der Waals surface area contributed by atoms with Crippen LogP contribution in [0.3, 0.4) is 0 Å². The molecule has 124 valence electrons. The molecule has 23 heavy (non-hydrogen) atoms. The standard InChI is InChI=1S/C16H21N3O3S/c1-2-22-14-3-5-15(6-4-14)23(20,21)19-11-7-13(8-12-19)16-17-9-10-18-16/h3-6,9-10,13H,2,7-8,11-12H2,1H3,(H,17,18). The molecule has 1 N–H and O–H groups in total. The molecule has 0 saturated carbocycles. The fourth-order valence-electron chi connectivity index (χ4n) is 2.89. The quantitative estimate of drug-likeness (QED) is 0.910. The second kappa shape index (κ2) is 6.72. The molecule has 1 aromatic heterocycles. The summed E-state index contributed by atoms with van der Waals surface area (Å²) in [7, 11) is -3.44. The van der Waals surface area contributed by atoms with Gasteiger partial charge in [-0.3, -0.25) is 0 Å². The number of hydrogen-bond acceptors (Lipinski definition) is 4. The van der Waals surface area contributed by atoms with Crippen molar-refractivity contribution in [3.05, 3.63) is 42.5 Å². The van der Waals surface area contributed by atoms with E-state index in [0.29, 0.717) is 36.3 Å². The lowest BCUT2D eigenvalue weighted by Gasteiger charge is -2.30. The molecule has 1 aliphatic rings. The minimum Gasteiger partial charge on any atom is -0.494 e. The lowest BCUT2D eigenvalue weighted by molar-refractivity contribution is 0.314. The van der Waals surface area contributed by atoms with Gasteiger partial charge in [0.15, 0.2) is 0 Å². The first-order valence-electron chi connectivity index (χ1n) is 7.83. The number of nitrogens with one attached hydrogen (secondary N) is 1. The third-order valence-electron chi connectivity index (χ3n) is 4.13. The van der Waals surface area contributed by atoms with E-state index in [9.17, 15) is 8.42 Å². The van der Waals surface area contributed by atoms with Gasteiger partial charge in [0.25, 0.3) is 0 Å². The molecule has 3 rings (SSSR count). The maximum Gasteiger partial charge on any atom is 0.243 e. The zero-order valence-corrected chi connectivity index (χ0v) is 13.9. The number of rotatable bonds is 5. The molecule has 0 bridgehead atoms. The molecular formula is C16H21N3O3S. The summed E-state index contributed by atoms with van der Waals surface area (Å²) >= 11 is 0. The fraction of sp³-hybridized carbons (Fsp3) is 0.438. The molecule has 2 aromatic rings. The summed E-state index contributed by atoms with van der Waals surface area (Å²) in [6.45, 7) is 3.49. The summed E-state index contributed by atoms with van der Waals surface area (Å²) < 4.78 is 32.3. The number of nitrogens with zero attached hydrogens (tertiary/aromatic N) is 2. The summed E-state index contributed by atoms with van der Waals surface area (Å²) in [4.78, 5) is 7.71. The number of ether oxygens (including phenoxy) is 1. The molecule has 0 aliphatic carbocycles. The molecule has 1 aliphatic heterocycles. The van der Waals surface area contributed by atoms with Gasteiger partial charge in [0, 0.05) is 31.4 Å². The highest BCUT2D eigenvalue weighted by atomic mass is 32.2. The summed E-state index contributed by atoms with van der Waals surface area (Å²) in [5, 5.41) is 0. The van der Waals surface area contributed by atoms with Crippen molar-refractivity contribution in [1.29, 1.82) is 0 Å². The average Bonchev–Trinajstić information content (AvgIpc) is 3.10. The Labute approximate surface area is 136 Å². The first-order valence-corrected chi connectivity index (χ1v) is 9.27. The van der Waals surface area contributed by atoms with Crippen LogP contribution >= 0.6 is 0 Å². The van der Waals surface area contributed by atoms with Crippen LogP contribution in [0.5, 0.6) is 5.75 Å². The van der Waals surface area contributed by atoms with Gasteiger partial charge < -0.3 is 9.72 Å². The monoisotopic (exact) mass is 335 g/mol. The number of piperidine rings is 1. The third kappa shape index (κ3) is 3.40. The van der Waals surface area contributed by atoms with Crippen molar-refractivity contribution in [3.8, 4) is 5.75 Å². The normalized spacial score (nSPS) is 17.3. The van der Waals surface area contributed by atoms with E-state index in [4.69, 9.17) is 4.74 Å². The van der Waals surface area contributed by atoms with Crippen molar-refractivity contribution >= 4 is 10.0 Å². The molecule has 0 unspecified atom stereocenters. The minimum absolute atomic E-state index is 0.303. The first kappa shape index (κ1) is 16.0. The predicted octanol–water partition coefficient (Wildman–Crippen LogP) is 2.38. The number of aromatic amines is 1. The molecule has 2 heterocycles. The van der Waals surface area contributed by atoms with Crippen molar-refractivity contribution in [2.45, 2.75) is 30.6 Å². The predicted molar refractivity (Wildman–Crippen MR) is 86.9 cm³/mol. The fourth-order valence-corrected chi connectivity index (χ4v) is 4.36. The van der Waals surface area contributed by atoms with Gasteiger partial charge in [0.05, 0.1) is 11.5 Å². The van der Waals surface area contributed by atoms with Gasteiger partial charge in [-0.25, -0.2) is 13.4 Å². The SMILES string of the molecule is CCOc1ccc(S(=O)(=O)N2CCC(c3ncc[nH]3)CC2)cc1. The van der Waals surface area contributed by atoms with E-state index >= 15 is 0 Å². The van der Waals surface area contributed by atoms with Crippen molar-refractivity contribution in [1.82, 2.24) is 14.3 Å². The van der Waals surface area contributed by atoms with Crippen LogP contribution in [0.1, 0.15) is 31.5 Å². The Morgan fingerprint density at radius 2 is 1.96 bits per heavy atom. The summed E-state index contributed by atoms with van der Waals surface area (Å²) in [6, 6.07) is 6.62. The van der Waals surface area contributed by atoms with Gasteiger partial charge in [-0.15, -0.1) is 0 Å². The zero-order valence-electron chi connectivity index (χ0n) is 13.1. The van der Waals surface area contributed by atoms with Crippen LogP contribution in [-0.2, 0) is 10.0 Å². The molecule has 6 nitrogen and oxygen atoms in total. The van der Waals surface area contributed by atoms with Gasteiger partial charge in [-0.2, -0.15) is 4.31 Å².